The molecule has 1 aromatic carbocycles. The number of hydrogen-bond donors (Lipinski definition) is 2. The van der Waals surface area contributed by atoms with E-state index in [4.69, 9.17) is 5.73 Å². The van der Waals surface area contributed by atoms with Crippen molar-refractivity contribution in [3.05, 3.63) is 42.2 Å². The Kier molecular flexibility index (Phi) is 3.86. The lowest BCUT2D eigenvalue weighted by molar-refractivity contribution is 0.323. The molecule has 0 spiro atoms. The van der Waals surface area contributed by atoms with E-state index in [-0.39, 0.29) is 12.4 Å². The van der Waals surface area contributed by atoms with E-state index in [9.17, 15) is 4.39 Å². The van der Waals surface area contributed by atoms with E-state index >= 15 is 0 Å². The Bertz CT molecular complexity index is 768. The molecule has 0 saturated heterocycles. The lowest BCUT2D eigenvalue weighted by Crippen LogP contribution is -2.10. The molecular formula is C15H17FN6. The molecule has 3 N–H and O–H groups in total. The fourth-order valence-corrected chi connectivity index (χ4v) is 2.23. The molecule has 114 valence electrons. The number of imidazole rings is 1. The SMILES string of the molecule is CC(F)Cn1cnc2c(N)nc(NCc3ccccc3)nc21. The van der Waals surface area contributed by atoms with E-state index in [1.54, 1.807) is 4.57 Å². The van der Waals surface area contributed by atoms with Gasteiger partial charge in [-0.2, -0.15) is 9.97 Å². The predicted octanol–water partition coefficient (Wildman–Crippen LogP) is 2.38. The van der Waals surface area contributed by atoms with Crippen LogP contribution in [-0.4, -0.2) is 25.7 Å². The lowest BCUT2D eigenvalue weighted by atomic mass is 10.2. The van der Waals surface area contributed by atoms with E-state index in [1.165, 1.54) is 13.3 Å². The molecule has 3 aromatic rings. The first-order valence-corrected chi connectivity index (χ1v) is 7.03. The topological polar surface area (TPSA) is 81.7 Å². The van der Waals surface area contributed by atoms with Crippen LogP contribution in [0.1, 0.15) is 12.5 Å². The fraction of sp³-hybridized carbons (Fsp3) is 0.267. The number of benzene rings is 1. The molecule has 0 bridgehead atoms. The van der Waals surface area contributed by atoms with Crippen molar-refractivity contribution in [1.82, 2.24) is 19.5 Å². The van der Waals surface area contributed by atoms with Crippen molar-refractivity contribution in [3.63, 3.8) is 0 Å². The van der Waals surface area contributed by atoms with Crippen molar-refractivity contribution in [2.45, 2.75) is 26.2 Å². The van der Waals surface area contributed by atoms with Crippen LogP contribution in [0.4, 0.5) is 16.2 Å². The van der Waals surface area contributed by atoms with Gasteiger partial charge in [0.25, 0.3) is 0 Å². The quantitative estimate of drug-likeness (QED) is 0.756. The minimum absolute atomic E-state index is 0.186. The summed E-state index contributed by atoms with van der Waals surface area (Å²) in [6.45, 7) is 2.26. The van der Waals surface area contributed by atoms with Gasteiger partial charge in [0.1, 0.15) is 11.7 Å². The zero-order valence-corrected chi connectivity index (χ0v) is 12.2. The molecule has 22 heavy (non-hydrogen) atoms. The predicted molar refractivity (Wildman–Crippen MR) is 84.1 cm³/mol. The molecule has 0 aliphatic heterocycles. The van der Waals surface area contributed by atoms with Crippen molar-refractivity contribution < 1.29 is 4.39 Å². The van der Waals surface area contributed by atoms with Gasteiger partial charge in [0.15, 0.2) is 11.5 Å². The van der Waals surface area contributed by atoms with Crippen molar-refractivity contribution in [3.8, 4) is 0 Å². The summed E-state index contributed by atoms with van der Waals surface area (Å²) in [6, 6.07) is 9.90. The molecule has 1 atom stereocenters. The van der Waals surface area contributed by atoms with Crippen LogP contribution in [0.5, 0.6) is 0 Å². The van der Waals surface area contributed by atoms with Gasteiger partial charge in [0, 0.05) is 6.54 Å². The highest BCUT2D eigenvalue weighted by atomic mass is 19.1. The second-order valence-corrected chi connectivity index (χ2v) is 5.12. The molecule has 0 radical (unpaired) electrons. The van der Waals surface area contributed by atoms with E-state index in [2.05, 4.69) is 20.3 Å². The summed E-state index contributed by atoms with van der Waals surface area (Å²) in [7, 11) is 0. The summed E-state index contributed by atoms with van der Waals surface area (Å²) in [5, 5.41) is 3.13. The summed E-state index contributed by atoms with van der Waals surface area (Å²) < 4.78 is 14.9. The lowest BCUT2D eigenvalue weighted by Gasteiger charge is -2.08. The Morgan fingerprint density at radius 1 is 1.27 bits per heavy atom. The monoisotopic (exact) mass is 300 g/mol. The van der Waals surface area contributed by atoms with E-state index in [1.807, 2.05) is 30.3 Å². The second kappa shape index (κ2) is 5.97. The first-order valence-electron chi connectivity index (χ1n) is 7.03. The van der Waals surface area contributed by atoms with Gasteiger partial charge in [-0.05, 0) is 12.5 Å². The first-order chi connectivity index (χ1) is 10.6. The number of rotatable bonds is 5. The Balaban J connectivity index is 1.87. The molecule has 6 nitrogen and oxygen atoms in total. The van der Waals surface area contributed by atoms with Crippen molar-refractivity contribution in [2.24, 2.45) is 0 Å². The van der Waals surface area contributed by atoms with Crippen LogP contribution in [0.25, 0.3) is 11.2 Å². The number of nitrogens with one attached hydrogen (secondary N) is 1. The van der Waals surface area contributed by atoms with Crippen LogP contribution in [0.15, 0.2) is 36.7 Å². The maximum absolute atomic E-state index is 13.2. The van der Waals surface area contributed by atoms with Gasteiger partial charge in [-0.15, -0.1) is 0 Å². The van der Waals surface area contributed by atoms with Crippen LogP contribution >= 0.6 is 0 Å². The average molecular weight is 300 g/mol. The molecule has 0 aliphatic carbocycles. The standard InChI is InChI=1S/C15H17FN6/c1-10(16)8-22-9-19-12-13(17)20-15(21-14(12)22)18-7-11-5-3-2-4-6-11/h2-6,9-10H,7-8H2,1H3,(H3,17,18,20,21). The number of nitrogens with two attached hydrogens (primary N) is 1. The Morgan fingerprint density at radius 3 is 2.77 bits per heavy atom. The van der Waals surface area contributed by atoms with Crippen molar-refractivity contribution in [2.75, 3.05) is 11.1 Å². The molecule has 0 saturated carbocycles. The number of nitrogens with zero attached hydrogens (tertiary/aromatic N) is 4. The van der Waals surface area contributed by atoms with Gasteiger partial charge in [0.2, 0.25) is 5.95 Å². The number of nitrogen functional groups attached to an aromatic ring is 1. The minimum Gasteiger partial charge on any atom is -0.382 e. The summed E-state index contributed by atoms with van der Waals surface area (Å²) >= 11 is 0. The first kappa shape index (κ1) is 14.2. The number of aromatic nitrogens is 4. The molecule has 7 heteroatoms. The average Bonchev–Trinajstić information content (AvgIpc) is 2.89. The van der Waals surface area contributed by atoms with E-state index in [0.717, 1.165) is 5.56 Å². The fourth-order valence-electron chi connectivity index (χ4n) is 2.23. The van der Waals surface area contributed by atoms with Gasteiger partial charge in [0.05, 0.1) is 12.9 Å². The summed E-state index contributed by atoms with van der Waals surface area (Å²) in [5.41, 5.74) is 8.04. The Labute approximate surface area is 127 Å². The molecule has 0 aliphatic rings. The van der Waals surface area contributed by atoms with Crippen LogP contribution < -0.4 is 11.1 Å². The molecule has 0 amide bonds. The van der Waals surface area contributed by atoms with Crippen LogP contribution in [0.3, 0.4) is 0 Å². The maximum atomic E-state index is 13.2. The largest absolute Gasteiger partial charge is 0.382 e. The van der Waals surface area contributed by atoms with Crippen molar-refractivity contribution >= 4 is 22.9 Å². The van der Waals surface area contributed by atoms with Crippen LogP contribution in [-0.2, 0) is 13.1 Å². The van der Waals surface area contributed by atoms with Crippen molar-refractivity contribution in [1.29, 1.82) is 0 Å². The molecule has 0 fully saturated rings. The number of fused-ring (bicyclic) bond motifs is 1. The summed E-state index contributed by atoms with van der Waals surface area (Å²) in [4.78, 5) is 12.7. The van der Waals surface area contributed by atoms with Gasteiger partial charge in [-0.3, -0.25) is 0 Å². The van der Waals surface area contributed by atoms with E-state index in [0.29, 0.717) is 23.7 Å². The highest BCUT2D eigenvalue weighted by Gasteiger charge is 2.12. The summed E-state index contributed by atoms with van der Waals surface area (Å²) in [6.07, 6.45) is 0.543. The highest BCUT2D eigenvalue weighted by Crippen LogP contribution is 2.19. The number of anilines is 2. The normalized spacial score (nSPS) is 12.5. The van der Waals surface area contributed by atoms with Gasteiger partial charge in [-0.1, -0.05) is 30.3 Å². The maximum Gasteiger partial charge on any atom is 0.227 e. The summed E-state index contributed by atoms with van der Waals surface area (Å²) in [5.74, 6) is 0.688. The van der Waals surface area contributed by atoms with Crippen LogP contribution in [0, 0.1) is 0 Å². The molecule has 3 rings (SSSR count). The van der Waals surface area contributed by atoms with Gasteiger partial charge in [-0.25, -0.2) is 9.37 Å². The highest BCUT2D eigenvalue weighted by molar-refractivity contribution is 5.82. The third kappa shape index (κ3) is 2.98. The third-order valence-corrected chi connectivity index (χ3v) is 3.23. The number of alkyl halides is 1. The zero-order chi connectivity index (χ0) is 15.5. The Morgan fingerprint density at radius 2 is 2.05 bits per heavy atom. The van der Waals surface area contributed by atoms with Gasteiger partial charge >= 0.3 is 0 Å². The molecular weight excluding hydrogens is 283 g/mol. The third-order valence-electron chi connectivity index (χ3n) is 3.23. The number of hydrogen-bond acceptors (Lipinski definition) is 5. The molecule has 2 aromatic heterocycles. The minimum atomic E-state index is -0.991. The Hall–Kier alpha value is -2.70. The van der Waals surface area contributed by atoms with Crippen LogP contribution in [0.2, 0.25) is 0 Å². The smallest absolute Gasteiger partial charge is 0.227 e. The van der Waals surface area contributed by atoms with Gasteiger partial charge < -0.3 is 15.6 Å². The second-order valence-electron chi connectivity index (χ2n) is 5.12. The molecule has 1 unspecified atom stereocenters. The molecule has 2 heterocycles. The zero-order valence-electron chi connectivity index (χ0n) is 12.2. The van der Waals surface area contributed by atoms with E-state index < -0.39 is 6.17 Å². The number of halogens is 1.